The quantitative estimate of drug-likeness (QED) is 0.805. The maximum atomic E-state index is 12.1. The van der Waals surface area contributed by atoms with Gasteiger partial charge < -0.3 is 18.6 Å². The first-order valence-electron chi connectivity index (χ1n) is 7.22. The van der Waals surface area contributed by atoms with Gasteiger partial charge in [-0.3, -0.25) is 0 Å². The van der Waals surface area contributed by atoms with Crippen LogP contribution in [0, 0.1) is 0 Å². The second-order valence-corrected chi connectivity index (χ2v) is 6.26. The Hall–Kier alpha value is -2.17. The second-order valence-electron chi connectivity index (χ2n) is 6.26. The molecule has 2 aromatic rings. The van der Waals surface area contributed by atoms with E-state index in [-0.39, 0.29) is 11.9 Å². The van der Waals surface area contributed by atoms with Crippen LogP contribution in [0.1, 0.15) is 34.6 Å². The molecule has 0 bridgehead atoms. The molecule has 0 fully saturated rings. The average molecular weight is 306 g/mol. The molecule has 1 aromatic carbocycles. The van der Waals surface area contributed by atoms with Crippen molar-refractivity contribution in [1.29, 1.82) is 0 Å². The van der Waals surface area contributed by atoms with E-state index in [1.54, 1.807) is 12.1 Å². The Balaban J connectivity index is 2.80. The largest absolute Gasteiger partial charge is 0.487 e. The molecular formula is C17H22O5. The molecule has 0 aliphatic rings. The summed E-state index contributed by atoms with van der Waals surface area (Å²) in [6.45, 7) is 9.61. The maximum absolute atomic E-state index is 12.1. The molecule has 0 aliphatic heterocycles. The van der Waals surface area contributed by atoms with E-state index in [2.05, 4.69) is 0 Å². The first kappa shape index (κ1) is 16.2. The van der Waals surface area contributed by atoms with E-state index in [0.717, 1.165) is 0 Å². The Morgan fingerprint density at radius 3 is 2.36 bits per heavy atom. The summed E-state index contributed by atoms with van der Waals surface area (Å²) in [4.78, 5) is 12.1. The molecule has 0 radical (unpaired) electrons. The van der Waals surface area contributed by atoms with Gasteiger partial charge in [0.2, 0.25) is 5.75 Å². The fourth-order valence-electron chi connectivity index (χ4n) is 2.11. The Kier molecular flexibility index (Phi) is 4.35. The SMILES string of the molecule is COc1c(OC(C)C)c2c(OC(C)(C)C)cccc2oc1=O. The highest BCUT2D eigenvalue weighted by Crippen LogP contribution is 2.40. The van der Waals surface area contributed by atoms with Crippen molar-refractivity contribution in [3.63, 3.8) is 0 Å². The summed E-state index contributed by atoms with van der Waals surface area (Å²) >= 11 is 0. The van der Waals surface area contributed by atoms with Crippen molar-refractivity contribution in [3.8, 4) is 17.2 Å². The monoisotopic (exact) mass is 306 g/mol. The number of hydrogen-bond acceptors (Lipinski definition) is 5. The fraction of sp³-hybridized carbons (Fsp3) is 0.471. The molecule has 22 heavy (non-hydrogen) atoms. The minimum atomic E-state index is -0.571. The van der Waals surface area contributed by atoms with Crippen LogP contribution in [0.25, 0.3) is 11.0 Å². The van der Waals surface area contributed by atoms with Crippen molar-refractivity contribution < 1.29 is 18.6 Å². The van der Waals surface area contributed by atoms with Gasteiger partial charge in [0.1, 0.15) is 22.3 Å². The van der Waals surface area contributed by atoms with Gasteiger partial charge in [0.25, 0.3) is 0 Å². The molecule has 0 aliphatic carbocycles. The summed E-state index contributed by atoms with van der Waals surface area (Å²) in [7, 11) is 1.42. The number of rotatable bonds is 4. The Bertz CT molecular complexity index is 722. The minimum absolute atomic E-state index is 0.0474. The normalized spacial score (nSPS) is 11.8. The predicted octanol–water partition coefficient (Wildman–Crippen LogP) is 3.77. The summed E-state index contributed by atoms with van der Waals surface area (Å²) in [6.07, 6.45) is -0.124. The zero-order valence-electron chi connectivity index (χ0n) is 13.9. The van der Waals surface area contributed by atoms with E-state index in [1.807, 2.05) is 40.7 Å². The third-order valence-electron chi connectivity index (χ3n) is 2.78. The van der Waals surface area contributed by atoms with Crippen LogP contribution >= 0.6 is 0 Å². The second kappa shape index (κ2) is 5.91. The van der Waals surface area contributed by atoms with E-state index in [9.17, 15) is 4.79 Å². The van der Waals surface area contributed by atoms with Crippen LogP contribution in [0.15, 0.2) is 27.4 Å². The van der Waals surface area contributed by atoms with Gasteiger partial charge in [-0.25, -0.2) is 4.79 Å². The molecule has 1 aromatic heterocycles. The molecule has 0 saturated heterocycles. The number of fused-ring (bicyclic) bond motifs is 1. The highest BCUT2D eigenvalue weighted by Gasteiger charge is 2.23. The number of methoxy groups -OCH3 is 1. The van der Waals surface area contributed by atoms with Crippen LogP contribution in [0.2, 0.25) is 0 Å². The van der Waals surface area contributed by atoms with Crippen molar-refractivity contribution in [2.24, 2.45) is 0 Å². The molecule has 0 spiro atoms. The van der Waals surface area contributed by atoms with Gasteiger partial charge in [-0.2, -0.15) is 0 Å². The molecule has 2 rings (SSSR count). The molecule has 5 heteroatoms. The van der Waals surface area contributed by atoms with Crippen molar-refractivity contribution in [3.05, 3.63) is 28.6 Å². The topological polar surface area (TPSA) is 57.9 Å². The summed E-state index contributed by atoms with van der Waals surface area (Å²) in [5, 5.41) is 0.600. The third-order valence-corrected chi connectivity index (χ3v) is 2.78. The molecule has 0 saturated carbocycles. The van der Waals surface area contributed by atoms with Crippen molar-refractivity contribution >= 4 is 11.0 Å². The lowest BCUT2D eigenvalue weighted by atomic mass is 10.1. The average Bonchev–Trinajstić information content (AvgIpc) is 2.36. The van der Waals surface area contributed by atoms with Gasteiger partial charge in [-0.1, -0.05) is 6.07 Å². The lowest BCUT2D eigenvalue weighted by molar-refractivity contribution is 0.132. The maximum Gasteiger partial charge on any atom is 0.383 e. The smallest absolute Gasteiger partial charge is 0.383 e. The zero-order valence-corrected chi connectivity index (χ0v) is 13.9. The minimum Gasteiger partial charge on any atom is -0.487 e. The molecule has 0 atom stereocenters. The van der Waals surface area contributed by atoms with Crippen LogP contribution < -0.4 is 19.8 Å². The number of ether oxygens (including phenoxy) is 3. The Labute approximate surface area is 129 Å². The lowest BCUT2D eigenvalue weighted by Gasteiger charge is -2.23. The standard InChI is InChI=1S/C17H22O5/c1-10(2)20-14-13-11(21-16(18)15(14)19-6)8-7-9-12(13)22-17(3,4)5/h7-10H,1-6H3. The van der Waals surface area contributed by atoms with E-state index in [0.29, 0.717) is 22.5 Å². The van der Waals surface area contributed by atoms with Gasteiger partial charge in [0.15, 0.2) is 5.75 Å². The summed E-state index contributed by atoms with van der Waals surface area (Å²) < 4.78 is 22.3. The predicted molar refractivity (Wildman–Crippen MR) is 85.2 cm³/mol. The van der Waals surface area contributed by atoms with Crippen LogP contribution in [0.4, 0.5) is 0 Å². The lowest BCUT2D eigenvalue weighted by Crippen LogP contribution is -2.23. The molecular weight excluding hydrogens is 284 g/mol. The molecule has 0 unspecified atom stereocenters. The van der Waals surface area contributed by atoms with Crippen molar-refractivity contribution in [2.75, 3.05) is 7.11 Å². The number of benzene rings is 1. The molecule has 5 nitrogen and oxygen atoms in total. The zero-order chi connectivity index (χ0) is 16.5. The first-order valence-corrected chi connectivity index (χ1v) is 7.22. The van der Waals surface area contributed by atoms with Crippen molar-refractivity contribution in [2.45, 2.75) is 46.3 Å². The van der Waals surface area contributed by atoms with E-state index >= 15 is 0 Å². The summed E-state index contributed by atoms with van der Waals surface area (Å²) in [5.41, 5.74) is -0.561. The van der Waals surface area contributed by atoms with E-state index in [4.69, 9.17) is 18.6 Å². The van der Waals surface area contributed by atoms with Gasteiger partial charge in [-0.05, 0) is 46.8 Å². The number of hydrogen-bond donors (Lipinski definition) is 0. The Morgan fingerprint density at radius 2 is 1.82 bits per heavy atom. The molecule has 0 amide bonds. The van der Waals surface area contributed by atoms with Crippen LogP contribution in [0.5, 0.6) is 17.2 Å². The van der Waals surface area contributed by atoms with Gasteiger partial charge in [-0.15, -0.1) is 0 Å². The van der Waals surface area contributed by atoms with Crippen LogP contribution in [-0.4, -0.2) is 18.8 Å². The molecule has 1 heterocycles. The van der Waals surface area contributed by atoms with Crippen LogP contribution in [-0.2, 0) is 0 Å². The summed E-state index contributed by atoms with van der Waals surface area (Å²) in [5.74, 6) is 0.984. The molecule has 0 N–H and O–H groups in total. The highest BCUT2D eigenvalue weighted by atomic mass is 16.5. The van der Waals surface area contributed by atoms with Crippen LogP contribution in [0.3, 0.4) is 0 Å². The fourth-order valence-corrected chi connectivity index (χ4v) is 2.11. The first-order chi connectivity index (χ1) is 10.2. The van der Waals surface area contributed by atoms with E-state index in [1.165, 1.54) is 7.11 Å². The molecule has 120 valence electrons. The van der Waals surface area contributed by atoms with Crippen molar-refractivity contribution in [1.82, 2.24) is 0 Å². The van der Waals surface area contributed by atoms with Gasteiger partial charge in [0.05, 0.1) is 13.2 Å². The third kappa shape index (κ3) is 3.35. The van der Waals surface area contributed by atoms with Gasteiger partial charge >= 0.3 is 5.63 Å². The van der Waals surface area contributed by atoms with E-state index < -0.39 is 11.2 Å². The van der Waals surface area contributed by atoms with Gasteiger partial charge in [0, 0.05) is 0 Å². The Morgan fingerprint density at radius 1 is 1.14 bits per heavy atom. The summed E-state index contributed by atoms with van der Waals surface area (Å²) in [6, 6.07) is 5.30. The highest BCUT2D eigenvalue weighted by molar-refractivity contribution is 5.91.